The molecule has 0 saturated carbocycles. The van der Waals surface area contributed by atoms with Gasteiger partial charge < -0.3 is 4.74 Å². The fourth-order valence-corrected chi connectivity index (χ4v) is 2.08. The van der Waals surface area contributed by atoms with Crippen molar-refractivity contribution in [3.63, 3.8) is 0 Å². The Labute approximate surface area is 79.0 Å². The van der Waals surface area contributed by atoms with Gasteiger partial charge in [0.05, 0.1) is 5.92 Å². The zero-order valence-electron chi connectivity index (χ0n) is 8.30. The quantitative estimate of drug-likeness (QED) is 0.572. The van der Waals surface area contributed by atoms with Crippen LogP contribution in [-0.2, 0) is 9.53 Å². The normalized spacial score (nSPS) is 34.2. The predicted octanol–water partition coefficient (Wildman–Crippen LogP) is 2.44. The second kappa shape index (κ2) is 3.17. The fraction of sp³-hybridized carbons (Fsp3) is 0.727. The van der Waals surface area contributed by atoms with Crippen molar-refractivity contribution in [3.8, 4) is 0 Å². The highest BCUT2D eigenvalue weighted by molar-refractivity contribution is 5.98. The summed E-state index contributed by atoms with van der Waals surface area (Å²) in [5.74, 6) is 1.37. The Kier molecular flexibility index (Phi) is 2.14. The van der Waals surface area contributed by atoms with Crippen LogP contribution < -0.4 is 0 Å². The molecule has 0 spiro atoms. The Bertz CT molecular complexity index is 265. The van der Waals surface area contributed by atoms with Crippen molar-refractivity contribution >= 4 is 5.78 Å². The lowest BCUT2D eigenvalue weighted by molar-refractivity contribution is -0.125. The van der Waals surface area contributed by atoms with E-state index in [2.05, 4.69) is 0 Å². The van der Waals surface area contributed by atoms with Crippen LogP contribution in [0.3, 0.4) is 0 Å². The topological polar surface area (TPSA) is 26.3 Å². The molecule has 2 heteroatoms. The lowest BCUT2D eigenvalue weighted by atomic mass is 9.85. The van der Waals surface area contributed by atoms with Gasteiger partial charge in [-0.3, -0.25) is 4.79 Å². The molecule has 0 radical (unpaired) electrons. The van der Waals surface area contributed by atoms with Gasteiger partial charge >= 0.3 is 0 Å². The highest BCUT2D eigenvalue weighted by atomic mass is 16.5. The third kappa shape index (κ3) is 1.38. The number of hydrogen-bond acceptors (Lipinski definition) is 2. The number of carbonyl (C=O) groups excluding carboxylic acids is 1. The van der Waals surface area contributed by atoms with Gasteiger partial charge in [0.1, 0.15) is 11.9 Å². The molecule has 0 N–H and O–H groups in total. The van der Waals surface area contributed by atoms with Gasteiger partial charge in [-0.05, 0) is 26.2 Å². The number of rotatable bonds is 0. The Morgan fingerprint density at radius 1 is 1.23 bits per heavy atom. The van der Waals surface area contributed by atoms with Gasteiger partial charge in [0.15, 0.2) is 5.78 Å². The van der Waals surface area contributed by atoms with E-state index in [4.69, 9.17) is 4.74 Å². The molecule has 0 aromatic rings. The molecule has 2 nitrogen and oxygen atoms in total. The number of ketones is 1. The van der Waals surface area contributed by atoms with Gasteiger partial charge in [-0.25, -0.2) is 0 Å². The van der Waals surface area contributed by atoms with Gasteiger partial charge in [-0.1, -0.05) is 6.92 Å². The van der Waals surface area contributed by atoms with E-state index in [1.807, 2.05) is 13.8 Å². The first-order valence-corrected chi connectivity index (χ1v) is 5.13. The maximum Gasteiger partial charge on any atom is 0.168 e. The van der Waals surface area contributed by atoms with Crippen molar-refractivity contribution in [2.75, 3.05) is 0 Å². The molecule has 2 rings (SSSR count). The molecule has 0 amide bonds. The van der Waals surface area contributed by atoms with Crippen LogP contribution in [-0.4, -0.2) is 11.9 Å². The van der Waals surface area contributed by atoms with Crippen LogP contribution in [0.1, 0.15) is 39.5 Å². The summed E-state index contributed by atoms with van der Waals surface area (Å²) in [6, 6.07) is 0. The number of allylic oxidation sites excluding steroid dienone is 2. The Balaban J connectivity index is 2.31. The van der Waals surface area contributed by atoms with Crippen LogP contribution >= 0.6 is 0 Å². The molecule has 1 aliphatic carbocycles. The van der Waals surface area contributed by atoms with Crippen LogP contribution in [0.4, 0.5) is 0 Å². The molecule has 13 heavy (non-hydrogen) atoms. The zero-order valence-corrected chi connectivity index (χ0v) is 8.30. The molecule has 0 bridgehead atoms. The van der Waals surface area contributed by atoms with E-state index in [1.165, 1.54) is 6.42 Å². The van der Waals surface area contributed by atoms with E-state index in [9.17, 15) is 4.79 Å². The summed E-state index contributed by atoms with van der Waals surface area (Å²) in [6.45, 7) is 3.95. The van der Waals surface area contributed by atoms with Gasteiger partial charge in [0, 0.05) is 12.0 Å². The van der Waals surface area contributed by atoms with E-state index in [0.717, 1.165) is 30.6 Å². The van der Waals surface area contributed by atoms with Gasteiger partial charge in [0.2, 0.25) is 0 Å². The maximum absolute atomic E-state index is 11.8. The van der Waals surface area contributed by atoms with Gasteiger partial charge in [-0.15, -0.1) is 0 Å². The molecule has 0 saturated heterocycles. The zero-order chi connectivity index (χ0) is 9.42. The second-order valence-electron chi connectivity index (χ2n) is 4.08. The first kappa shape index (κ1) is 8.79. The summed E-state index contributed by atoms with van der Waals surface area (Å²) in [5, 5.41) is 0. The van der Waals surface area contributed by atoms with Crippen LogP contribution in [0.25, 0.3) is 0 Å². The Hall–Kier alpha value is -0.790. The van der Waals surface area contributed by atoms with Crippen LogP contribution in [0.2, 0.25) is 0 Å². The summed E-state index contributed by atoms with van der Waals surface area (Å²) in [5.41, 5.74) is 0.983. The molecule has 2 atom stereocenters. The fourth-order valence-electron chi connectivity index (χ4n) is 2.08. The standard InChI is InChI=1S/C11H16O2/c1-7-8(2)13-10-6-4-3-5-9(10)11(7)12/h7-8H,3-6H2,1-2H3/t7-,8-/m1/s1. The first-order chi connectivity index (χ1) is 6.20. The summed E-state index contributed by atoms with van der Waals surface area (Å²) >= 11 is 0. The van der Waals surface area contributed by atoms with Gasteiger partial charge in [-0.2, -0.15) is 0 Å². The van der Waals surface area contributed by atoms with E-state index in [1.54, 1.807) is 0 Å². The van der Waals surface area contributed by atoms with Crippen LogP contribution in [0, 0.1) is 5.92 Å². The molecule has 0 aromatic heterocycles. The van der Waals surface area contributed by atoms with Crippen LogP contribution in [0.5, 0.6) is 0 Å². The first-order valence-electron chi connectivity index (χ1n) is 5.13. The summed E-state index contributed by atoms with van der Waals surface area (Å²) < 4.78 is 5.73. The number of hydrogen-bond donors (Lipinski definition) is 0. The van der Waals surface area contributed by atoms with Crippen molar-refractivity contribution in [3.05, 3.63) is 11.3 Å². The highest BCUT2D eigenvalue weighted by Crippen LogP contribution is 2.34. The molecule has 1 aliphatic heterocycles. The molecule has 0 aromatic carbocycles. The average molecular weight is 180 g/mol. The molecular weight excluding hydrogens is 164 g/mol. The summed E-state index contributed by atoms with van der Waals surface area (Å²) in [7, 11) is 0. The number of ether oxygens (including phenoxy) is 1. The third-order valence-electron chi connectivity index (χ3n) is 3.16. The predicted molar refractivity (Wildman–Crippen MR) is 50.2 cm³/mol. The minimum Gasteiger partial charge on any atom is -0.494 e. The SMILES string of the molecule is C[C@H]1OC2=C(CCCC2)C(=O)[C@@H]1C. The van der Waals surface area contributed by atoms with E-state index in [0.29, 0.717) is 5.78 Å². The monoisotopic (exact) mass is 180 g/mol. The minimum absolute atomic E-state index is 0.0526. The molecule has 0 fully saturated rings. The molecule has 72 valence electrons. The maximum atomic E-state index is 11.8. The molecule has 2 aliphatic rings. The average Bonchev–Trinajstić information content (AvgIpc) is 2.15. The Morgan fingerprint density at radius 3 is 2.69 bits per heavy atom. The van der Waals surface area contributed by atoms with E-state index >= 15 is 0 Å². The molecule has 0 unspecified atom stereocenters. The number of Topliss-reactive ketones (excluding diaryl/α,β-unsaturated/α-hetero) is 1. The lowest BCUT2D eigenvalue weighted by Crippen LogP contribution is -2.33. The molecular formula is C11H16O2. The lowest BCUT2D eigenvalue weighted by Gasteiger charge is -2.32. The van der Waals surface area contributed by atoms with E-state index < -0.39 is 0 Å². The van der Waals surface area contributed by atoms with Crippen molar-refractivity contribution < 1.29 is 9.53 Å². The van der Waals surface area contributed by atoms with Crippen molar-refractivity contribution in [2.45, 2.75) is 45.6 Å². The van der Waals surface area contributed by atoms with Crippen molar-refractivity contribution in [1.82, 2.24) is 0 Å². The van der Waals surface area contributed by atoms with Crippen molar-refractivity contribution in [1.29, 1.82) is 0 Å². The number of carbonyl (C=O) groups is 1. The van der Waals surface area contributed by atoms with Crippen molar-refractivity contribution in [2.24, 2.45) is 5.92 Å². The smallest absolute Gasteiger partial charge is 0.168 e. The summed E-state index contributed by atoms with van der Waals surface area (Å²) in [4.78, 5) is 11.8. The summed E-state index contributed by atoms with van der Waals surface area (Å²) in [6.07, 6.45) is 4.30. The largest absolute Gasteiger partial charge is 0.494 e. The highest BCUT2D eigenvalue weighted by Gasteiger charge is 2.33. The minimum atomic E-state index is 0.0526. The third-order valence-corrected chi connectivity index (χ3v) is 3.16. The van der Waals surface area contributed by atoms with Crippen LogP contribution in [0.15, 0.2) is 11.3 Å². The van der Waals surface area contributed by atoms with E-state index in [-0.39, 0.29) is 12.0 Å². The van der Waals surface area contributed by atoms with Gasteiger partial charge in [0.25, 0.3) is 0 Å². The molecule has 1 heterocycles. The Morgan fingerprint density at radius 2 is 1.92 bits per heavy atom. The second-order valence-corrected chi connectivity index (χ2v) is 4.08.